The number of carbonyl (C=O) groups excluding carboxylic acids is 1. The van der Waals surface area contributed by atoms with Gasteiger partial charge in [-0.2, -0.15) is 0 Å². The predicted molar refractivity (Wildman–Crippen MR) is 112 cm³/mol. The fraction of sp³-hybridized carbons (Fsp3) is 0.409. The van der Waals surface area contributed by atoms with Gasteiger partial charge >= 0.3 is 0 Å². The molecule has 2 aromatic carbocycles. The van der Waals surface area contributed by atoms with Crippen LogP contribution in [0.4, 0.5) is 0 Å². The molecule has 1 amide bonds. The van der Waals surface area contributed by atoms with Crippen LogP contribution in [0.1, 0.15) is 24.3 Å². The summed E-state index contributed by atoms with van der Waals surface area (Å²) >= 11 is 0. The van der Waals surface area contributed by atoms with Crippen LogP contribution in [0.25, 0.3) is 11.1 Å². The van der Waals surface area contributed by atoms with E-state index in [0.717, 1.165) is 29.6 Å². The zero-order valence-electron chi connectivity index (χ0n) is 16.7. The number of amides is 1. The van der Waals surface area contributed by atoms with E-state index in [1.54, 1.807) is 12.0 Å². The average molecular weight is 415 g/mol. The van der Waals surface area contributed by atoms with Gasteiger partial charge in [0.05, 0.1) is 13.4 Å². The van der Waals surface area contributed by atoms with Crippen molar-refractivity contribution in [3.8, 4) is 16.9 Å². The van der Waals surface area contributed by atoms with E-state index in [2.05, 4.69) is 16.9 Å². The van der Waals surface area contributed by atoms with E-state index in [4.69, 9.17) is 4.74 Å². The second-order valence-corrected chi connectivity index (χ2v) is 9.68. The summed E-state index contributed by atoms with van der Waals surface area (Å²) in [5, 5.41) is 0. The summed E-state index contributed by atoms with van der Waals surface area (Å²) in [6.07, 6.45) is 2.64. The van der Waals surface area contributed by atoms with Gasteiger partial charge in [-0.1, -0.05) is 42.5 Å². The molecular formula is C22H26N2O4S. The van der Waals surface area contributed by atoms with Crippen LogP contribution in [-0.4, -0.2) is 51.7 Å². The Morgan fingerprint density at radius 2 is 1.79 bits per heavy atom. The first-order valence-corrected chi connectivity index (χ1v) is 11.7. The third-order valence-corrected chi connectivity index (χ3v) is 6.51. The monoisotopic (exact) mass is 414 g/mol. The highest BCUT2D eigenvalue weighted by molar-refractivity contribution is 7.88. The number of methoxy groups -OCH3 is 1. The molecule has 0 spiro atoms. The number of likely N-dealkylation sites (tertiary alicyclic amines) is 1. The second kappa shape index (κ2) is 7.80. The van der Waals surface area contributed by atoms with E-state index in [-0.39, 0.29) is 23.8 Å². The Balaban J connectivity index is 1.50. The van der Waals surface area contributed by atoms with Gasteiger partial charge in [0.15, 0.2) is 0 Å². The highest BCUT2D eigenvalue weighted by Crippen LogP contribution is 2.52. The van der Waals surface area contributed by atoms with Crippen molar-refractivity contribution in [1.82, 2.24) is 9.62 Å². The van der Waals surface area contributed by atoms with Crippen LogP contribution >= 0.6 is 0 Å². The lowest BCUT2D eigenvalue weighted by molar-refractivity contribution is -0.131. The molecule has 2 fully saturated rings. The Bertz CT molecular complexity index is 1020. The van der Waals surface area contributed by atoms with Gasteiger partial charge in [0.25, 0.3) is 0 Å². The van der Waals surface area contributed by atoms with Gasteiger partial charge in [0.2, 0.25) is 15.9 Å². The molecular weight excluding hydrogens is 388 g/mol. The summed E-state index contributed by atoms with van der Waals surface area (Å²) in [6, 6.07) is 15.9. The van der Waals surface area contributed by atoms with Crippen molar-refractivity contribution in [2.75, 3.05) is 26.5 Å². The number of nitrogens with zero attached hydrogens (tertiary/aromatic N) is 1. The Kier molecular flexibility index (Phi) is 5.36. The second-order valence-electron chi connectivity index (χ2n) is 7.90. The molecule has 1 aliphatic heterocycles. The molecule has 1 heterocycles. The van der Waals surface area contributed by atoms with Crippen LogP contribution in [0.15, 0.2) is 48.5 Å². The van der Waals surface area contributed by atoms with Crippen molar-refractivity contribution in [3.05, 3.63) is 54.1 Å². The van der Waals surface area contributed by atoms with E-state index < -0.39 is 10.0 Å². The lowest BCUT2D eigenvalue weighted by atomic mass is 9.95. The molecule has 7 heteroatoms. The van der Waals surface area contributed by atoms with E-state index in [0.29, 0.717) is 19.5 Å². The third-order valence-electron chi connectivity index (χ3n) is 5.75. The van der Waals surface area contributed by atoms with E-state index >= 15 is 0 Å². The van der Waals surface area contributed by atoms with Crippen molar-refractivity contribution in [2.24, 2.45) is 5.92 Å². The Labute approximate surface area is 171 Å². The molecule has 2 aromatic rings. The lowest BCUT2D eigenvalue weighted by Crippen LogP contribution is -2.38. The quantitative estimate of drug-likeness (QED) is 0.788. The molecule has 0 aromatic heterocycles. The van der Waals surface area contributed by atoms with Crippen LogP contribution in [0.3, 0.4) is 0 Å². The number of rotatable bonds is 6. The number of hydrogen-bond donors (Lipinski definition) is 1. The molecule has 0 radical (unpaired) electrons. The van der Waals surface area contributed by atoms with Crippen molar-refractivity contribution in [1.29, 1.82) is 0 Å². The van der Waals surface area contributed by atoms with Crippen LogP contribution < -0.4 is 9.46 Å². The summed E-state index contributed by atoms with van der Waals surface area (Å²) in [5.41, 5.74) is 3.30. The number of nitrogens with one attached hydrogen (secondary N) is 1. The molecule has 1 aliphatic carbocycles. The first-order chi connectivity index (χ1) is 13.9. The van der Waals surface area contributed by atoms with Crippen molar-refractivity contribution in [3.63, 3.8) is 0 Å². The number of para-hydroxylation sites is 1. The minimum absolute atomic E-state index is 0.0390. The summed E-state index contributed by atoms with van der Waals surface area (Å²) in [4.78, 5) is 14.8. The van der Waals surface area contributed by atoms with Crippen molar-refractivity contribution < 1.29 is 17.9 Å². The predicted octanol–water partition coefficient (Wildman–Crippen LogP) is 2.62. The number of benzene rings is 2. The van der Waals surface area contributed by atoms with Gasteiger partial charge in [0, 0.05) is 30.6 Å². The van der Waals surface area contributed by atoms with Crippen LogP contribution in [0, 0.1) is 5.92 Å². The molecule has 0 bridgehead atoms. The maximum Gasteiger partial charge on any atom is 0.226 e. The molecule has 1 saturated heterocycles. The summed E-state index contributed by atoms with van der Waals surface area (Å²) in [6.45, 7) is 1.05. The average Bonchev–Trinajstić information content (AvgIpc) is 3.37. The standard InChI is InChI=1S/C22H26N2O4S/c1-28-21-10-6-5-9-18(21)16-7-3-4-8-17(16)19-13-20(19)22(25)24-12-11-15(14-24)23-29(2,26)27/h3-10,15,19-20,23H,11-14H2,1-2H3/t15-,19-,20+/m0/s1. The zero-order valence-corrected chi connectivity index (χ0v) is 17.5. The van der Waals surface area contributed by atoms with E-state index in [1.807, 2.05) is 36.4 Å². The topological polar surface area (TPSA) is 75.7 Å². The van der Waals surface area contributed by atoms with E-state index in [1.165, 1.54) is 5.56 Å². The largest absolute Gasteiger partial charge is 0.496 e. The van der Waals surface area contributed by atoms with Crippen molar-refractivity contribution >= 4 is 15.9 Å². The van der Waals surface area contributed by atoms with E-state index in [9.17, 15) is 13.2 Å². The van der Waals surface area contributed by atoms with Gasteiger partial charge in [-0.3, -0.25) is 4.79 Å². The van der Waals surface area contributed by atoms with Gasteiger partial charge < -0.3 is 9.64 Å². The Morgan fingerprint density at radius 3 is 2.52 bits per heavy atom. The smallest absolute Gasteiger partial charge is 0.226 e. The normalized spacial score (nSPS) is 23.8. The SMILES string of the molecule is COc1ccccc1-c1ccccc1[C@@H]1C[C@H]1C(=O)N1CC[C@H](NS(C)(=O)=O)C1. The maximum atomic E-state index is 13.0. The van der Waals surface area contributed by atoms with Gasteiger partial charge in [-0.15, -0.1) is 0 Å². The number of carbonyl (C=O) groups is 1. The molecule has 4 rings (SSSR count). The summed E-state index contributed by atoms with van der Waals surface area (Å²) in [5.74, 6) is 1.09. The molecule has 6 nitrogen and oxygen atoms in total. The number of ether oxygens (including phenoxy) is 1. The highest BCUT2D eigenvalue weighted by atomic mass is 32.2. The van der Waals surface area contributed by atoms with Crippen molar-refractivity contribution in [2.45, 2.75) is 24.8 Å². The van der Waals surface area contributed by atoms with Gasteiger partial charge in [-0.25, -0.2) is 13.1 Å². The Morgan fingerprint density at radius 1 is 1.10 bits per heavy atom. The highest BCUT2D eigenvalue weighted by Gasteiger charge is 2.47. The molecule has 0 unspecified atom stereocenters. The Hall–Kier alpha value is -2.38. The summed E-state index contributed by atoms with van der Waals surface area (Å²) in [7, 11) is -1.59. The van der Waals surface area contributed by atoms with Crippen LogP contribution in [0.5, 0.6) is 5.75 Å². The fourth-order valence-corrected chi connectivity index (χ4v) is 5.14. The minimum Gasteiger partial charge on any atom is -0.496 e. The molecule has 154 valence electrons. The number of sulfonamides is 1. The van der Waals surface area contributed by atoms with Crippen LogP contribution in [0.2, 0.25) is 0 Å². The molecule has 1 saturated carbocycles. The zero-order chi connectivity index (χ0) is 20.6. The maximum absolute atomic E-state index is 13.0. The summed E-state index contributed by atoms with van der Waals surface area (Å²) < 4.78 is 31.0. The van der Waals surface area contributed by atoms with Crippen LogP contribution in [-0.2, 0) is 14.8 Å². The van der Waals surface area contributed by atoms with Gasteiger partial charge in [-0.05, 0) is 36.0 Å². The molecule has 1 N–H and O–H groups in total. The first kappa shape index (κ1) is 19.9. The van der Waals surface area contributed by atoms with Gasteiger partial charge in [0.1, 0.15) is 5.75 Å². The number of hydrogen-bond acceptors (Lipinski definition) is 4. The first-order valence-electron chi connectivity index (χ1n) is 9.86. The molecule has 2 aliphatic rings. The fourth-order valence-electron chi connectivity index (χ4n) is 4.34. The third kappa shape index (κ3) is 4.31. The molecule has 29 heavy (non-hydrogen) atoms. The molecule has 3 atom stereocenters. The lowest BCUT2D eigenvalue weighted by Gasteiger charge is -2.17. The minimum atomic E-state index is -3.26.